The minimum absolute atomic E-state index is 0.0232. The maximum atomic E-state index is 12.0. The fraction of sp³-hybridized carbons (Fsp3) is 0.517. The van der Waals surface area contributed by atoms with Crippen LogP contribution < -0.4 is 5.32 Å². The van der Waals surface area contributed by atoms with E-state index in [0.29, 0.717) is 12.2 Å². The number of carbonyl (C=O) groups excluding carboxylic acids is 1. The van der Waals surface area contributed by atoms with Crippen molar-refractivity contribution in [3.05, 3.63) is 73.1 Å². The fourth-order valence-electron chi connectivity index (χ4n) is 2.84. The van der Waals surface area contributed by atoms with Crippen molar-refractivity contribution in [2.45, 2.75) is 78.2 Å². The Bertz CT molecular complexity index is 759. The Kier molecular flexibility index (Phi) is 18.8. The first kappa shape index (κ1) is 32.1. The maximum Gasteiger partial charge on any atom is 0.305 e. The Labute approximate surface area is 211 Å². The Morgan fingerprint density at radius 1 is 0.914 bits per heavy atom. The molecule has 0 aromatic heterocycles. The van der Waals surface area contributed by atoms with Gasteiger partial charge in [-0.25, -0.2) is 0 Å². The Morgan fingerprint density at radius 2 is 1.43 bits per heavy atom. The lowest BCUT2D eigenvalue weighted by atomic mass is 9.87. The molecule has 6 nitrogen and oxygen atoms in total. The normalized spacial score (nSPS) is 13.5. The van der Waals surface area contributed by atoms with Crippen molar-refractivity contribution in [1.29, 1.82) is 0 Å². The molecule has 0 aromatic rings. The molecule has 0 spiro atoms. The number of ether oxygens (including phenoxy) is 1. The molecule has 196 valence electrons. The largest absolute Gasteiger partial charge is 0.498 e. The molecule has 6 heteroatoms. The highest BCUT2D eigenvalue weighted by molar-refractivity contribution is 5.81. The first-order valence-electron chi connectivity index (χ1n) is 12.4. The van der Waals surface area contributed by atoms with Crippen molar-refractivity contribution in [2.75, 3.05) is 13.2 Å². The molecule has 0 rings (SSSR count). The number of aliphatic hydroxyl groups is 1. The van der Waals surface area contributed by atoms with Crippen LogP contribution in [0.4, 0.5) is 0 Å². The lowest BCUT2D eigenvalue weighted by Crippen LogP contribution is -2.46. The molecule has 0 radical (unpaired) electrons. The van der Waals surface area contributed by atoms with E-state index in [1.165, 1.54) is 0 Å². The van der Waals surface area contributed by atoms with Gasteiger partial charge < -0.3 is 20.3 Å². The molecule has 35 heavy (non-hydrogen) atoms. The van der Waals surface area contributed by atoms with E-state index in [4.69, 9.17) is 9.84 Å². The average Bonchev–Trinajstić information content (AvgIpc) is 2.81. The summed E-state index contributed by atoms with van der Waals surface area (Å²) in [7, 11) is 0. The first-order chi connectivity index (χ1) is 16.7. The number of unbranched alkanes of at least 4 members (excludes halogenated alkanes) is 1. The van der Waals surface area contributed by atoms with Gasteiger partial charge in [0.1, 0.15) is 6.10 Å². The zero-order valence-corrected chi connectivity index (χ0v) is 21.7. The number of hydrogen-bond donors (Lipinski definition) is 3. The lowest BCUT2D eigenvalue weighted by molar-refractivity contribution is -0.138. The van der Waals surface area contributed by atoms with Gasteiger partial charge in [-0.05, 0) is 45.4 Å². The molecule has 0 aromatic carbocycles. The molecule has 0 fully saturated rings. The predicted octanol–water partition coefficient (Wildman–Crippen LogP) is 6.03. The minimum Gasteiger partial charge on any atom is -0.498 e. The molecule has 3 N–H and O–H groups in total. The number of hydrogen-bond acceptors (Lipinski definition) is 4. The van der Waals surface area contributed by atoms with E-state index in [-0.39, 0.29) is 19.6 Å². The summed E-state index contributed by atoms with van der Waals surface area (Å²) < 4.78 is 5.67. The molecule has 0 heterocycles. The summed E-state index contributed by atoms with van der Waals surface area (Å²) >= 11 is 0. The number of allylic oxidation sites excluding steroid dienone is 11. The van der Waals surface area contributed by atoms with Gasteiger partial charge in [-0.1, -0.05) is 81.2 Å². The lowest BCUT2D eigenvalue weighted by Gasteiger charge is -2.29. The van der Waals surface area contributed by atoms with Crippen LogP contribution in [0.25, 0.3) is 0 Å². The van der Waals surface area contributed by atoms with E-state index in [1.54, 1.807) is 13.8 Å². The van der Waals surface area contributed by atoms with Crippen LogP contribution in [0, 0.1) is 5.41 Å². The number of rotatable bonds is 20. The van der Waals surface area contributed by atoms with Gasteiger partial charge in [0.05, 0.1) is 18.8 Å². The summed E-state index contributed by atoms with van der Waals surface area (Å²) in [5, 5.41) is 21.3. The third-order valence-electron chi connectivity index (χ3n) is 5.09. The molecule has 0 aliphatic heterocycles. The molecule has 1 atom stereocenters. The van der Waals surface area contributed by atoms with E-state index < -0.39 is 23.4 Å². The zero-order chi connectivity index (χ0) is 26.4. The quantitative estimate of drug-likeness (QED) is 0.111. The number of nitrogens with one attached hydrogen (secondary N) is 1. The van der Waals surface area contributed by atoms with Crippen LogP contribution in [0.1, 0.15) is 72.1 Å². The van der Waals surface area contributed by atoms with Crippen LogP contribution in [0.15, 0.2) is 73.1 Å². The van der Waals surface area contributed by atoms with Gasteiger partial charge in [0, 0.05) is 18.4 Å². The monoisotopic (exact) mass is 487 g/mol. The topological polar surface area (TPSA) is 95.9 Å². The van der Waals surface area contributed by atoms with Crippen LogP contribution in [-0.4, -0.2) is 41.3 Å². The van der Waals surface area contributed by atoms with Crippen LogP contribution in [-0.2, 0) is 14.3 Å². The van der Waals surface area contributed by atoms with Crippen LogP contribution >= 0.6 is 0 Å². The molecule has 0 unspecified atom stereocenters. The van der Waals surface area contributed by atoms with Gasteiger partial charge in [-0.3, -0.25) is 9.59 Å². The smallest absolute Gasteiger partial charge is 0.305 e. The van der Waals surface area contributed by atoms with Gasteiger partial charge in [0.2, 0.25) is 5.91 Å². The fourth-order valence-corrected chi connectivity index (χ4v) is 2.84. The van der Waals surface area contributed by atoms with Crippen LogP contribution in [0.2, 0.25) is 0 Å². The van der Waals surface area contributed by atoms with Crippen molar-refractivity contribution >= 4 is 11.9 Å². The summed E-state index contributed by atoms with van der Waals surface area (Å²) in [5.41, 5.74) is -0.833. The second-order valence-electron chi connectivity index (χ2n) is 8.94. The molecular weight excluding hydrogens is 442 g/mol. The number of carbonyl (C=O) groups is 2. The van der Waals surface area contributed by atoms with E-state index in [9.17, 15) is 14.7 Å². The highest BCUT2D eigenvalue weighted by Gasteiger charge is 2.34. The van der Waals surface area contributed by atoms with E-state index >= 15 is 0 Å². The van der Waals surface area contributed by atoms with Crippen molar-refractivity contribution in [1.82, 2.24) is 5.32 Å². The third-order valence-corrected chi connectivity index (χ3v) is 5.09. The van der Waals surface area contributed by atoms with Gasteiger partial charge in [-0.15, -0.1) is 0 Å². The maximum absolute atomic E-state index is 12.0. The number of aliphatic carboxylic acids is 1. The minimum atomic E-state index is -1.30. The molecule has 1 amide bonds. The second-order valence-corrected chi connectivity index (χ2v) is 8.94. The van der Waals surface area contributed by atoms with Gasteiger partial charge >= 0.3 is 5.97 Å². The average molecular weight is 488 g/mol. The molecular formula is C29H45NO5. The highest BCUT2D eigenvalue weighted by Crippen LogP contribution is 2.23. The summed E-state index contributed by atoms with van der Waals surface area (Å²) in [6.45, 7) is 9.50. The van der Waals surface area contributed by atoms with Crippen molar-refractivity contribution < 1.29 is 24.5 Å². The first-order valence-corrected chi connectivity index (χ1v) is 12.4. The Balaban J connectivity index is 3.94. The SMILES string of the molecule is C=C(CCC/C=C\C/C=C\C/C=C\C/C=C\C/C=C\C)OCC(C)(C)[C@@H](O)C(=O)NCCC(=O)O. The number of carboxylic acids is 1. The van der Waals surface area contributed by atoms with Gasteiger partial charge in [0.15, 0.2) is 0 Å². The van der Waals surface area contributed by atoms with Gasteiger partial charge in [-0.2, -0.15) is 0 Å². The zero-order valence-electron chi connectivity index (χ0n) is 21.7. The van der Waals surface area contributed by atoms with Crippen LogP contribution in [0.5, 0.6) is 0 Å². The Hall–Kier alpha value is -2.86. The number of aliphatic hydroxyl groups excluding tert-OH is 1. The van der Waals surface area contributed by atoms with Crippen LogP contribution in [0.3, 0.4) is 0 Å². The molecule has 0 aliphatic carbocycles. The van der Waals surface area contributed by atoms with Gasteiger partial charge in [0.25, 0.3) is 0 Å². The summed E-state index contributed by atoms with van der Waals surface area (Å²) in [5.74, 6) is -0.991. The Morgan fingerprint density at radius 3 is 1.94 bits per heavy atom. The number of carboxylic acid groups (broad SMARTS) is 1. The molecule has 0 saturated carbocycles. The summed E-state index contributed by atoms with van der Waals surface area (Å²) in [6, 6.07) is 0. The molecule has 0 aliphatic rings. The number of amides is 1. The standard InChI is InChI=1S/C29H45NO5/c1-5-6-7-8-9-10-11-12-13-14-15-16-17-18-19-20-21-25(2)35-24-29(3,4)27(33)28(34)30-23-22-26(31)32/h5-6,8-9,11-12,14-15,17-18,27,33H,2,7,10,13,16,19-24H2,1,3-4H3,(H,30,34)(H,31,32)/b6-5-,9-8-,12-11-,15-14-,18-17-/t27-/m0/s1. The van der Waals surface area contributed by atoms with Crippen molar-refractivity contribution in [2.24, 2.45) is 5.41 Å². The predicted molar refractivity (Wildman–Crippen MR) is 144 cm³/mol. The van der Waals surface area contributed by atoms with E-state index in [1.807, 2.05) is 6.92 Å². The van der Waals surface area contributed by atoms with Crippen molar-refractivity contribution in [3.63, 3.8) is 0 Å². The second kappa shape index (κ2) is 20.5. The summed E-state index contributed by atoms with van der Waals surface area (Å²) in [4.78, 5) is 22.5. The van der Waals surface area contributed by atoms with Crippen molar-refractivity contribution in [3.8, 4) is 0 Å². The molecule has 0 bridgehead atoms. The third kappa shape index (κ3) is 19.2. The molecule has 0 saturated heterocycles. The van der Waals surface area contributed by atoms with E-state index in [2.05, 4.69) is 72.7 Å². The highest BCUT2D eigenvalue weighted by atomic mass is 16.5. The summed E-state index contributed by atoms with van der Waals surface area (Å²) in [6.07, 6.45) is 26.4. The van der Waals surface area contributed by atoms with E-state index in [0.717, 1.165) is 38.5 Å².